The fourth-order valence-electron chi connectivity index (χ4n) is 5.01. The number of carbonyl (C=O) groups is 1. The average molecular weight is 498 g/mol. The van der Waals surface area contributed by atoms with Gasteiger partial charge in [0.1, 0.15) is 5.52 Å². The summed E-state index contributed by atoms with van der Waals surface area (Å²) in [5.74, 6) is 0.554. The number of anilines is 1. The molecule has 1 amide bonds. The van der Waals surface area contributed by atoms with Crippen LogP contribution >= 0.6 is 0 Å². The summed E-state index contributed by atoms with van der Waals surface area (Å²) in [5, 5.41) is 4.60. The molecule has 0 spiro atoms. The SMILES string of the molecule is Cc1ccc(C)c(N2CCN(C(=O)CCn3ccn4nc(-c5ccc(C(C)C)cc5)cc4c3=O)CC2)c1. The van der Waals surface area contributed by atoms with Gasteiger partial charge in [-0.25, -0.2) is 4.52 Å². The van der Waals surface area contributed by atoms with Crippen LogP contribution in [0.4, 0.5) is 5.69 Å². The molecule has 192 valence electrons. The zero-order valence-corrected chi connectivity index (χ0v) is 22.1. The predicted molar refractivity (Wildman–Crippen MR) is 148 cm³/mol. The fourth-order valence-corrected chi connectivity index (χ4v) is 5.01. The second-order valence-corrected chi connectivity index (χ2v) is 10.3. The quantitative estimate of drug-likeness (QED) is 0.389. The minimum atomic E-state index is -0.132. The van der Waals surface area contributed by atoms with Gasteiger partial charge in [0.25, 0.3) is 5.56 Å². The molecule has 7 nitrogen and oxygen atoms in total. The monoisotopic (exact) mass is 497 g/mol. The third kappa shape index (κ3) is 5.17. The molecule has 1 saturated heterocycles. The van der Waals surface area contributed by atoms with Crippen molar-refractivity contribution in [2.24, 2.45) is 0 Å². The van der Waals surface area contributed by atoms with Crippen molar-refractivity contribution < 1.29 is 4.79 Å². The highest BCUT2D eigenvalue weighted by molar-refractivity contribution is 5.76. The zero-order valence-electron chi connectivity index (χ0n) is 22.1. The maximum absolute atomic E-state index is 13.1. The number of nitrogens with zero attached hydrogens (tertiary/aromatic N) is 5. The van der Waals surface area contributed by atoms with Crippen molar-refractivity contribution in [3.63, 3.8) is 0 Å². The van der Waals surface area contributed by atoms with Gasteiger partial charge in [-0.3, -0.25) is 9.59 Å². The van der Waals surface area contributed by atoms with Crippen LogP contribution in [-0.2, 0) is 11.3 Å². The molecule has 2 aromatic heterocycles. The number of benzene rings is 2. The summed E-state index contributed by atoms with van der Waals surface area (Å²) in [6, 6.07) is 16.7. The third-order valence-corrected chi connectivity index (χ3v) is 7.38. The second-order valence-electron chi connectivity index (χ2n) is 10.3. The number of aromatic nitrogens is 3. The van der Waals surface area contributed by atoms with E-state index in [1.807, 2.05) is 23.1 Å². The lowest BCUT2D eigenvalue weighted by Gasteiger charge is -2.37. The maximum Gasteiger partial charge on any atom is 0.276 e. The van der Waals surface area contributed by atoms with E-state index in [1.165, 1.54) is 22.4 Å². The molecular formula is C30H35N5O2. The molecule has 4 aromatic rings. The Morgan fingerprint density at radius 2 is 1.68 bits per heavy atom. The van der Waals surface area contributed by atoms with Gasteiger partial charge in [0, 0.05) is 62.8 Å². The van der Waals surface area contributed by atoms with Crippen molar-refractivity contribution in [1.82, 2.24) is 19.1 Å². The van der Waals surface area contributed by atoms with Crippen LogP contribution in [0.5, 0.6) is 0 Å². The van der Waals surface area contributed by atoms with Crippen LogP contribution in [-0.4, -0.2) is 51.2 Å². The highest BCUT2D eigenvalue weighted by Crippen LogP contribution is 2.24. The number of hydrogen-bond acceptors (Lipinski definition) is 4. The second kappa shape index (κ2) is 10.2. The molecule has 5 rings (SSSR count). The molecular weight excluding hydrogens is 462 g/mol. The summed E-state index contributed by atoms with van der Waals surface area (Å²) in [6.07, 6.45) is 3.81. The minimum absolute atomic E-state index is 0.0897. The maximum atomic E-state index is 13.1. The molecule has 0 bridgehead atoms. The van der Waals surface area contributed by atoms with Crippen molar-refractivity contribution in [2.75, 3.05) is 31.1 Å². The first-order valence-corrected chi connectivity index (χ1v) is 13.1. The lowest BCUT2D eigenvalue weighted by molar-refractivity contribution is -0.131. The first kappa shape index (κ1) is 24.8. The minimum Gasteiger partial charge on any atom is -0.368 e. The molecule has 1 aliphatic rings. The summed E-state index contributed by atoms with van der Waals surface area (Å²) in [6.45, 7) is 12.0. The molecule has 0 atom stereocenters. The van der Waals surface area contributed by atoms with Gasteiger partial charge in [0.05, 0.1) is 5.69 Å². The number of piperazine rings is 1. The number of fused-ring (bicyclic) bond motifs is 1. The topological polar surface area (TPSA) is 62.9 Å². The van der Waals surface area contributed by atoms with Gasteiger partial charge in [-0.2, -0.15) is 5.10 Å². The third-order valence-electron chi connectivity index (χ3n) is 7.38. The number of hydrogen-bond donors (Lipinski definition) is 0. The molecule has 0 aliphatic carbocycles. The molecule has 0 N–H and O–H groups in total. The standard InChI is InChI=1S/C30H35N5O2/c1-21(2)24-7-9-25(10-8-24)26-20-28-30(37)34(17-18-35(28)31-26)12-11-29(36)33-15-13-32(14-16-33)27-19-22(3)5-6-23(27)4/h5-10,17-21H,11-16H2,1-4H3. The molecule has 1 aliphatic heterocycles. The Morgan fingerprint density at radius 1 is 0.946 bits per heavy atom. The van der Waals surface area contributed by atoms with Crippen LogP contribution in [0.1, 0.15) is 42.9 Å². The van der Waals surface area contributed by atoms with E-state index in [1.54, 1.807) is 21.5 Å². The van der Waals surface area contributed by atoms with E-state index in [2.05, 4.69) is 68.0 Å². The largest absolute Gasteiger partial charge is 0.368 e. The lowest BCUT2D eigenvalue weighted by Crippen LogP contribution is -2.49. The number of amides is 1. The van der Waals surface area contributed by atoms with Gasteiger partial charge in [-0.15, -0.1) is 0 Å². The average Bonchev–Trinajstić information content (AvgIpc) is 3.35. The Bertz CT molecular complexity index is 1470. The first-order valence-electron chi connectivity index (χ1n) is 13.1. The van der Waals surface area contributed by atoms with Crippen LogP contribution in [0.2, 0.25) is 0 Å². The molecule has 7 heteroatoms. The van der Waals surface area contributed by atoms with E-state index in [4.69, 9.17) is 0 Å². The van der Waals surface area contributed by atoms with Crippen LogP contribution < -0.4 is 10.5 Å². The summed E-state index contributed by atoms with van der Waals surface area (Å²) < 4.78 is 3.24. The normalized spacial score (nSPS) is 14.1. The van der Waals surface area contributed by atoms with Crippen molar-refractivity contribution in [3.05, 3.63) is 88.0 Å². The Labute approximate surface area is 217 Å². The molecule has 37 heavy (non-hydrogen) atoms. The molecule has 1 fully saturated rings. The Balaban J connectivity index is 1.22. The van der Waals surface area contributed by atoms with Gasteiger partial charge in [0.2, 0.25) is 5.91 Å². The highest BCUT2D eigenvalue weighted by Gasteiger charge is 2.22. The highest BCUT2D eigenvalue weighted by atomic mass is 16.2. The van der Waals surface area contributed by atoms with Crippen molar-refractivity contribution in [3.8, 4) is 11.3 Å². The van der Waals surface area contributed by atoms with E-state index in [9.17, 15) is 9.59 Å². The summed E-state index contributed by atoms with van der Waals surface area (Å²) in [5.41, 5.74) is 7.16. The van der Waals surface area contributed by atoms with Crippen LogP contribution in [0.3, 0.4) is 0 Å². The van der Waals surface area contributed by atoms with E-state index in [-0.39, 0.29) is 11.5 Å². The van der Waals surface area contributed by atoms with Gasteiger partial charge < -0.3 is 14.4 Å². The Kier molecular flexibility index (Phi) is 6.87. The summed E-state index contributed by atoms with van der Waals surface area (Å²) >= 11 is 0. The van der Waals surface area contributed by atoms with Gasteiger partial charge >= 0.3 is 0 Å². The summed E-state index contributed by atoms with van der Waals surface area (Å²) in [4.78, 5) is 30.4. The van der Waals surface area contributed by atoms with E-state index >= 15 is 0 Å². The van der Waals surface area contributed by atoms with Crippen molar-refractivity contribution >= 4 is 17.1 Å². The Morgan fingerprint density at radius 3 is 2.38 bits per heavy atom. The predicted octanol–water partition coefficient (Wildman–Crippen LogP) is 4.64. The first-order chi connectivity index (χ1) is 17.8. The van der Waals surface area contributed by atoms with Crippen molar-refractivity contribution in [1.29, 1.82) is 0 Å². The lowest BCUT2D eigenvalue weighted by atomic mass is 10.0. The molecule has 3 heterocycles. The molecule has 2 aromatic carbocycles. The van der Waals surface area contributed by atoms with E-state index in [0.717, 1.165) is 24.3 Å². The van der Waals surface area contributed by atoms with Crippen LogP contribution in [0, 0.1) is 13.8 Å². The number of carbonyl (C=O) groups excluding carboxylic acids is 1. The van der Waals surface area contributed by atoms with E-state index in [0.29, 0.717) is 37.5 Å². The van der Waals surface area contributed by atoms with Crippen molar-refractivity contribution in [2.45, 2.75) is 46.6 Å². The smallest absolute Gasteiger partial charge is 0.276 e. The summed E-state index contributed by atoms with van der Waals surface area (Å²) in [7, 11) is 0. The molecule has 0 saturated carbocycles. The van der Waals surface area contributed by atoms with E-state index < -0.39 is 0 Å². The van der Waals surface area contributed by atoms with Gasteiger partial charge in [0.15, 0.2) is 0 Å². The molecule has 0 unspecified atom stereocenters. The van der Waals surface area contributed by atoms with Crippen LogP contribution in [0.15, 0.2) is 65.7 Å². The fraction of sp³-hybridized carbons (Fsp3) is 0.367. The van der Waals surface area contributed by atoms with Gasteiger partial charge in [-0.05, 0) is 48.6 Å². The number of aryl methyl sites for hydroxylation is 3. The van der Waals surface area contributed by atoms with Crippen LogP contribution in [0.25, 0.3) is 16.8 Å². The molecule has 0 radical (unpaired) electrons. The number of rotatable bonds is 6. The Hall–Kier alpha value is -3.87. The zero-order chi connectivity index (χ0) is 26.1. The van der Waals surface area contributed by atoms with Gasteiger partial charge in [-0.1, -0.05) is 50.2 Å².